The predicted molar refractivity (Wildman–Crippen MR) is 43.0 cm³/mol. The summed E-state index contributed by atoms with van der Waals surface area (Å²) in [6.45, 7) is 1.31. The minimum atomic E-state index is 0.263. The van der Waals surface area contributed by atoms with E-state index in [1.807, 2.05) is 4.90 Å². The van der Waals surface area contributed by atoms with E-state index in [4.69, 9.17) is 4.42 Å². The number of hydrogen-bond donors (Lipinski definition) is 0. The molecule has 2 heterocycles. The summed E-state index contributed by atoms with van der Waals surface area (Å²) in [5.41, 5.74) is 0. The fourth-order valence-corrected chi connectivity index (χ4v) is 1.37. The Labute approximate surface area is 70.2 Å². The van der Waals surface area contributed by atoms with Crippen molar-refractivity contribution in [1.82, 2.24) is 4.98 Å². The fourth-order valence-electron chi connectivity index (χ4n) is 1.37. The zero-order valence-corrected chi connectivity index (χ0v) is 6.69. The Morgan fingerprint density at radius 2 is 2.50 bits per heavy atom. The summed E-state index contributed by atoms with van der Waals surface area (Å²) in [6, 6.07) is 0.558. The molecule has 0 radical (unpaired) electrons. The highest BCUT2D eigenvalue weighted by atomic mass is 16.4. The van der Waals surface area contributed by atoms with E-state index >= 15 is 0 Å². The second-order valence-electron chi connectivity index (χ2n) is 2.88. The molecule has 0 unspecified atom stereocenters. The van der Waals surface area contributed by atoms with Crippen LogP contribution in [0, 0.1) is 0 Å². The van der Waals surface area contributed by atoms with Crippen LogP contribution in [-0.4, -0.2) is 23.9 Å². The molecule has 1 aromatic rings. The number of aromatic nitrogens is 1. The highest BCUT2D eigenvalue weighted by Crippen LogP contribution is 2.14. The van der Waals surface area contributed by atoms with Crippen molar-refractivity contribution in [3.63, 3.8) is 0 Å². The molecule has 4 nitrogen and oxygen atoms in total. The number of rotatable bonds is 1. The lowest BCUT2D eigenvalue weighted by molar-refractivity contribution is -0.118. The van der Waals surface area contributed by atoms with E-state index in [1.165, 1.54) is 6.26 Å². The number of nitrogens with zero attached hydrogens (tertiary/aromatic N) is 2. The van der Waals surface area contributed by atoms with Crippen molar-refractivity contribution in [2.45, 2.75) is 12.8 Å². The van der Waals surface area contributed by atoms with Gasteiger partial charge in [0.1, 0.15) is 6.26 Å². The number of Topliss-reactive ketones (excluding diaryl/α,β-unsaturated/α-hetero) is 1. The van der Waals surface area contributed by atoms with Crippen molar-refractivity contribution in [3.8, 4) is 0 Å². The molecule has 4 heteroatoms. The first kappa shape index (κ1) is 7.34. The molecule has 0 bridgehead atoms. The van der Waals surface area contributed by atoms with Crippen molar-refractivity contribution < 1.29 is 9.21 Å². The summed E-state index contributed by atoms with van der Waals surface area (Å²) in [6.07, 6.45) is 4.71. The van der Waals surface area contributed by atoms with Gasteiger partial charge < -0.3 is 9.32 Å². The van der Waals surface area contributed by atoms with Crippen LogP contribution in [0.2, 0.25) is 0 Å². The molecule has 0 N–H and O–H groups in total. The number of hydrogen-bond acceptors (Lipinski definition) is 4. The molecule has 2 rings (SSSR count). The molecule has 12 heavy (non-hydrogen) atoms. The number of anilines is 1. The van der Waals surface area contributed by atoms with Gasteiger partial charge in [-0.3, -0.25) is 4.79 Å². The summed E-state index contributed by atoms with van der Waals surface area (Å²) in [4.78, 5) is 16.9. The van der Waals surface area contributed by atoms with Gasteiger partial charge in [-0.2, -0.15) is 0 Å². The maximum atomic E-state index is 11.1. The Morgan fingerprint density at radius 3 is 3.17 bits per heavy atom. The first-order valence-electron chi connectivity index (χ1n) is 4.02. The third-order valence-corrected chi connectivity index (χ3v) is 1.94. The third-order valence-electron chi connectivity index (χ3n) is 1.94. The monoisotopic (exact) mass is 166 g/mol. The average molecular weight is 166 g/mol. The summed E-state index contributed by atoms with van der Waals surface area (Å²) in [5, 5.41) is 0. The minimum absolute atomic E-state index is 0.263. The zero-order chi connectivity index (χ0) is 8.39. The Hall–Kier alpha value is -1.32. The van der Waals surface area contributed by atoms with Crippen LogP contribution in [0.3, 0.4) is 0 Å². The number of ketones is 1. The Balaban J connectivity index is 2.09. The van der Waals surface area contributed by atoms with Crippen LogP contribution in [0.15, 0.2) is 16.9 Å². The standard InChI is InChI=1S/C8H10N2O2/c11-7-2-1-4-10(6-7)8-9-3-5-12-8/h3,5H,1-2,4,6H2. The van der Waals surface area contributed by atoms with Crippen molar-refractivity contribution in [1.29, 1.82) is 0 Å². The van der Waals surface area contributed by atoms with E-state index < -0.39 is 0 Å². The number of carbonyl (C=O) groups is 1. The molecule has 1 saturated heterocycles. The van der Waals surface area contributed by atoms with Crippen molar-refractivity contribution >= 4 is 11.8 Å². The molecule has 1 aliphatic rings. The average Bonchev–Trinajstić information content (AvgIpc) is 2.56. The van der Waals surface area contributed by atoms with E-state index in [-0.39, 0.29) is 5.78 Å². The second kappa shape index (κ2) is 2.97. The molecule has 0 atom stereocenters. The summed E-state index contributed by atoms with van der Waals surface area (Å²) >= 11 is 0. The number of oxazole rings is 1. The molecule has 1 aromatic heterocycles. The summed E-state index contributed by atoms with van der Waals surface area (Å²) in [7, 11) is 0. The lowest BCUT2D eigenvalue weighted by Gasteiger charge is -2.23. The summed E-state index contributed by atoms with van der Waals surface area (Å²) in [5.74, 6) is 0.263. The molecule has 0 saturated carbocycles. The van der Waals surface area contributed by atoms with E-state index in [0.29, 0.717) is 19.0 Å². The number of piperidine rings is 1. The van der Waals surface area contributed by atoms with Crippen LogP contribution >= 0.6 is 0 Å². The van der Waals surface area contributed by atoms with Gasteiger partial charge in [0, 0.05) is 13.0 Å². The lowest BCUT2D eigenvalue weighted by atomic mass is 10.1. The van der Waals surface area contributed by atoms with Gasteiger partial charge >= 0.3 is 0 Å². The third kappa shape index (κ3) is 1.32. The molecule has 0 spiro atoms. The van der Waals surface area contributed by atoms with Crippen LogP contribution in [0.4, 0.5) is 6.01 Å². The predicted octanol–water partition coefficient (Wildman–Crippen LogP) is 0.844. The number of carbonyl (C=O) groups excluding carboxylic acids is 1. The van der Waals surface area contributed by atoms with Crippen molar-refractivity contribution in [2.75, 3.05) is 18.0 Å². The molecule has 0 aromatic carbocycles. The van der Waals surface area contributed by atoms with Crippen molar-refractivity contribution in [2.24, 2.45) is 0 Å². The minimum Gasteiger partial charge on any atom is -0.432 e. The van der Waals surface area contributed by atoms with Gasteiger partial charge in [0.15, 0.2) is 5.78 Å². The van der Waals surface area contributed by atoms with Crippen LogP contribution in [-0.2, 0) is 4.79 Å². The Morgan fingerprint density at radius 1 is 1.58 bits per heavy atom. The second-order valence-corrected chi connectivity index (χ2v) is 2.88. The van der Waals surface area contributed by atoms with Gasteiger partial charge in [-0.05, 0) is 6.42 Å². The topological polar surface area (TPSA) is 46.3 Å². The van der Waals surface area contributed by atoms with Gasteiger partial charge in [0.05, 0.1) is 12.7 Å². The van der Waals surface area contributed by atoms with Gasteiger partial charge in [-0.25, -0.2) is 4.98 Å². The first-order valence-corrected chi connectivity index (χ1v) is 4.02. The highest BCUT2D eigenvalue weighted by Gasteiger charge is 2.19. The molecule has 0 amide bonds. The molecular formula is C8H10N2O2. The lowest BCUT2D eigenvalue weighted by Crippen LogP contribution is -2.35. The first-order chi connectivity index (χ1) is 5.86. The van der Waals surface area contributed by atoms with E-state index in [1.54, 1.807) is 6.20 Å². The highest BCUT2D eigenvalue weighted by molar-refractivity contribution is 5.83. The van der Waals surface area contributed by atoms with Gasteiger partial charge in [0.2, 0.25) is 0 Å². The molecule has 64 valence electrons. The molecule has 0 aliphatic carbocycles. The zero-order valence-electron chi connectivity index (χ0n) is 6.69. The quantitative estimate of drug-likeness (QED) is 0.620. The Bertz CT molecular complexity index is 269. The smallest absolute Gasteiger partial charge is 0.297 e. The van der Waals surface area contributed by atoms with Crippen LogP contribution < -0.4 is 4.90 Å². The maximum absolute atomic E-state index is 11.1. The maximum Gasteiger partial charge on any atom is 0.297 e. The summed E-state index contributed by atoms with van der Waals surface area (Å²) < 4.78 is 5.08. The molecule has 1 fully saturated rings. The van der Waals surface area contributed by atoms with E-state index in [2.05, 4.69) is 4.98 Å². The van der Waals surface area contributed by atoms with Crippen molar-refractivity contribution in [3.05, 3.63) is 12.5 Å². The normalized spacial score (nSPS) is 18.3. The van der Waals surface area contributed by atoms with Crippen LogP contribution in [0.1, 0.15) is 12.8 Å². The SMILES string of the molecule is O=C1CCCN(c2ncco2)C1. The largest absolute Gasteiger partial charge is 0.432 e. The molecular weight excluding hydrogens is 156 g/mol. The fraction of sp³-hybridized carbons (Fsp3) is 0.500. The van der Waals surface area contributed by atoms with Gasteiger partial charge in [-0.15, -0.1) is 0 Å². The van der Waals surface area contributed by atoms with Gasteiger partial charge in [0.25, 0.3) is 6.01 Å². The Kier molecular flexibility index (Phi) is 1.81. The van der Waals surface area contributed by atoms with E-state index in [9.17, 15) is 4.79 Å². The molecule has 1 aliphatic heterocycles. The van der Waals surface area contributed by atoms with Crippen LogP contribution in [0.25, 0.3) is 0 Å². The van der Waals surface area contributed by atoms with E-state index in [0.717, 1.165) is 13.0 Å². The van der Waals surface area contributed by atoms with Gasteiger partial charge in [-0.1, -0.05) is 0 Å². The van der Waals surface area contributed by atoms with Crippen LogP contribution in [0.5, 0.6) is 0 Å².